The van der Waals surface area contributed by atoms with E-state index in [0.29, 0.717) is 6.61 Å². The van der Waals surface area contributed by atoms with Gasteiger partial charge in [-0.3, -0.25) is 4.72 Å². The van der Waals surface area contributed by atoms with Crippen molar-refractivity contribution in [3.05, 3.63) is 22.7 Å². The third-order valence-electron chi connectivity index (χ3n) is 2.19. The Hall–Kier alpha value is -0.350. The molecule has 0 aromatic heterocycles. The predicted molar refractivity (Wildman–Crippen MR) is 81.1 cm³/mol. The van der Waals surface area contributed by atoms with Gasteiger partial charge in [0.15, 0.2) is 0 Å². The summed E-state index contributed by atoms with van der Waals surface area (Å²) in [5, 5.41) is 0. The van der Waals surface area contributed by atoms with Gasteiger partial charge in [0.1, 0.15) is 0 Å². The summed E-state index contributed by atoms with van der Waals surface area (Å²) in [6, 6.07) is 3.76. The Morgan fingerprint density at radius 3 is 2.45 bits per heavy atom. The van der Waals surface area contributed by atoms with E-state index in [0.717, 1.165) is 0 Å². The second kappa shape index (κ2) is 7.08. The number of rotatable bonds is 7. The molecule has 0 saturated heterocycles. The van der Waals surface area contributed by atoms with Crippen LogP contribution >= 0.6 is 26.6 Å². The lowest BCUT2D eigenvalue weighted by molar-refractivity contribution is 0.163. The molecule has 0 amide bonds. The topological polar surface area (TPSA) is 89.5 Å². The zero-order chi connectivity index (χ0) is 15.4. The van der Waals surface area contributed by atoms with Crippen molar-refractivity contribution in [2.24, 2.45) is 0 Å². The van der Waals surface area contributed by atoms with Gasteiger partial charge in [0.2, 0.25) is 10.0 Å². The minimum atomic E-state index is -3.86. The third kappa shape index (κ3) is 5.57. The number of sulfonamides is 1. The minimum absolute atomic E-state index is 0.0809. The summed E-state index contributed by atoms with van der Waals surface area (Å²) < 4.78 is 53.4. The van der Waals surface area contributed by atoms with Gasteiger partial charge in [-0.15, -0.1) is 0 Å². The van der Waals surface area contributed by atoms with Crippen LogP contribution in [0.2, 0.25) is 0 Å². The number of ether oxygens (including phenoxy) is 1. The highest BCUT2D eigenvalue weighted by Crippen LogP contribution is 2.28. The van der Waals surface area contributed by atoms with Gasteiger partial charge in [-0.25, -0.2) is 16.8 Å². The van der Waals surface area contributed by atoms with E-state index in [-0.39, 0.29) is 27.4 Å². The molecule has 1 aromatic rings. The van der Waals surface area contributed by atoms with Crippen LogP contribution in [0.25, 0.3) is 0 Å². The molecule has 1 aromatic carbocycles. The molecule has 0 unspecified atom stereocenters. The van der Waals surface area contributed by atoms with Gasteiger partial charge >= 0.3 is 0 Å². The van der Waals surface area contributed by atoms with Crippen molar-refractivity contribution in [1.82, 2.24) is 0 Å². The highest BCUT2D eigenvalue weighted by molar-refractivity contribution is 9.10. The Labute approximate surface area is 131 Å². The summed E-state index contributed by atoms with van der Waals surface area (Å²) in [6.07, 6.45) is 0. The smallest absolute Gasteiger partial charge is 0.261 e. The third-order valence-corrected chi connectivity index (χ3v) is 5.43. The maximum absolute atomic E-state index is 11.8. The van der Waals surface area contributed by atoms with Gasteiger partial charge in [-0.2, -0.15) is 0 Å². The molecule has 20 heavy (non-hydrogen) atoms. The maximum Gasteiger partial charge on any atom is 0.261 e. The molecule has 6 nitrogen and oxygen atoms in total. The van der Waals surface area contributed by atoms with Crippen LogP contribution < -0.4 is 4.72 Å². The van der Waals surface area contributed by atoms with Crippen LogP contribution in [0.3, 0.4) is 0 Å². The maximum atomic E-state index is 11.8. The van der Waals surface area contributed by atoms with Crippen LogP contribution in [0.1, 0.15) is 6.92 Å². The van der Waals surface area contributed by atoms with Crippen molar-refractivity contribution in [3.8, 4) is 0 Å². The molecule has 0 radical (unpaired) electrons. The first-order valence-corrected chi connectivity index (χ1v) is 10.2. The lowest BCUT2D eigenvalue weighted by Crippen LogP contribution is -2.20. The van der Waals surface area contributed by atoms with Crippen LogP contribution in [-0.2, 0) is 23.8 Å². The largest absolute Gasteiger partial charge is 0.381 e. The Kier molecular flexibility index (Phi) is 6.26. The molecule has 0 spiro atoms. The number of anilines is 1. The average molecular weight is 407 g/mol. The summed E-state index contributed by atoms with van der Waals surface area (Å²) in [5.41, 5.74) is 0.227. The van der Waals surface area contributed by atoms with E-state index >= 15 is 0 Å². The molecule has 10 heteroatoms. The van der Waals surface area contributed by atoms with Gasteiger partial charge in [-0.05, 0) is 41.1 Å². The SMILES string of the molecule is CCOCCS(=O)(=O)Nc1ccc(S(=O)(=O)Cl)cc1Br. The van der Waals surface area contributed by atoms with Gasteiger partial charge in [0.05, 0.1) is 22.9 Å². The van der Waals surface area contributed by atoms with Gasteiger partial charge < -0.3 is 4.74 Å². The lowest BCUT2D eigenvalue weighted by Gasteiger charge is -2.10. The van der Waals surface area contributed by atoms with Crippen LogP contribution in [0, 0.1) is 0 Å². The number of halogens is 2. The van der Waals surface area contributed by atoms with E-state index in [9.17, 15) is 16.8 Å². The molecule has 0 heterocycles. The molecule has 0 saturated carbocycles. The van der Waals surface area contributed by atoms with Crippen LogP contribution in [0.5, 0.6) is 0 Å². The molecule has 0 aliphatic rings. The summed E-state index contributed by atoms with van der Waals surface area (Å²) in [4.78, 5) is -0.122. The zero-order valence-electron chi connectivity index (χ0n) is 10.5. The summed E-state index contributed by atoms with van der Waals surface area (Å²) >= 11 is 3.09. The fraction of sp³-hybridized carbons (Fsp3) is 0.400. The van der Waals surface area contributed by atoms with Crippen molar-refractivity contribution in [3.63, 3.8) is 0 Å². The number of hydrogen-bond donors (Lipinski definition) is 1. The van der Waals surface area contributed by atoms with E-state index in [1.807, 2.05) is 0 Å². The minimum Gasteiger partial charge on any atom is -0.381 e. The quantitative estimate of drug-likeness (QED) is 0.553. The van der Waals surface area contributed by atoms with E-state index in [2.05, 4.69) is 20.7 Å². The fourth-order valence-corrected chi connectivity index (χ4v) is 3.75. The molecule has 1 rings (SSSR count). The number of nitrogens with one attached hydrogen (secondary N) is 1. The second-order valence-electron chi connectivity index (χ2n) is 3.70. The van der Waals surface area contributed by atoms with Crippen LogP contribution in [-0.4, -0.2) is 35.8 Å². The first-order valence-electron chi connectivity index (χ1n) is 5.48. The lowest BCUT2D eigenvalue weighted by atomic mass is 10.3. The fourth-order valence-electron chi connectivity index (χ4n) is 1.26. The van der Waals surface area contributed by atoms with E-state index in [1.54, 1.807) is 6.92 Å². The van der Waals surface area contributed by atoms with Gasteiger partial charge in [0.25, 0.3) is 9.05 Å². The molecule has 0 fully saturated rings. The van der Waals surface area contributed by atoms with Crippen molar-refractivity contribution >= 4 is 51.4 Å². The summed E-state index contributed by atoms with van der Waals surface area (Å²) in [6.45, 7) is 2.28. The van der Waals surface area contributed by atoms with Crippen molar-refractivity contribution in [2.75, 3.05) is 23.7 Å². The Morgan fingerprint density at radius 1 is 1.30 bits per heavy atom. The highest BCUT2D eigenvalue weighted by atomic mass is 79.9. The van der Waals surface area contributed by atoms with E-state index in [4.69, 9.17) is 15.4 Å². The predicted octanol–water partition coefficient (Wildman–Crippen LogP) is 2.15. The molecule has 0 atom stereocenters. The molecular formula is C10H13BrClNO5S2. The van der Waals surface area contributed by atoms with Crippen molar-refractivity contribution in [1.29, 1.82) is 0 Å². The van der Waals surface area contributed by atoms with Crippen LogP contribution in [0.4, 0.5) is 5.69 Å². The van der Waals surface area contributed by atoms with Gasteiger partial charge in [0, 0.05) is 21.8 Å². The zero-order valence-corrected chi connectivity index (χ0v) is 14.4. The van der Waals surface area contributed by atoms with E-state index in [1.165, 1.54) is 18.2 Å². The van der Waals surface area contributed by atoms with Crippen molar-refractivity contribution in [2.45, 2.75) is 11.8 Å². The molecule has 1 N–H and O–H groups in total. The summed E-state index contributed by atoms with van der Waals surface area (Å²) in [5.74, 6) is -0.192. The molecular weight excluding hydrogens is 394 g/mol. The second-order valence-corrected chi connectivity index (χ2v) is 8.96. The molecule has 114 valence electrons. The Morgan fingerprint density at radius 2 is 1.95 bits per heavy atom. The first kappa shape index (κ1) is 17.7. The number of hydrogen-bond acceptors (Lipinski definition) is 5. The highest BCUT2D eigenvalue weighted by Gasteiger charge is 2.15. The van der Waals surface area contributed by atoms with E-state index < -0.39 is 19.1 Å². The first-order chi connectivity index (χ1) is 9.15. The summed E-state index contributed by atoms with van der Waals surface area (Å²) in [7, 11) is -2.23. The Bertz CT molecular complexity index is 675. The molecule has 0 aliphatic heterocycles. The standard InChI is InChI=1S/C10H13BrClNO5S2/c1-2-18-5-6-19(14,15)13-10-4-3-8(7-9(10)11)20(12,16)17/h3-4,7,13H,2,5-6H2,1H3. The normalized spacial score (nSPS) is 12.3. The average Bonchev–Trinajstić information content (AvgIpc) is 2.30. The molecule has 0 bridgehead atoms. The van der Waals surface area contributed by atoms with Gasteiger partial charge in [-0.1, -0.05) is 0 Å². The monoisotopic (exact) mass is 405 g/mol. The Balaban J connectivity index is 2.89. The van der Waals surface area contributed by atoms with Crippen LogP contribution in [0.15, 0.2) is 27.6 Å². The van der Waals surface area contributed by atoms with Crippen molar-refractivity contribution < 1.29 is 21.6 Å². The molecule has 0 aliphatic carbocycles. The number of benzene rings is 1.